The molecule has 0 bridgehead atoms. The van der Waals surface area contributed by atoms with Crippen LogP contribution < -0.4 is 5.32 Å². The van der Waals surface area contributed by atoms with E-state index in [-0.39, 0.29) is 5.91 Å². The monoisotopic (exact) mass is 244 g/mol. The van der Waals surface area contributed by atoms with Crippen LogP contribution in [-0.2, 0) is 17.9 Å². The number of carbonyl (C=O) groups excluding carboxylic acids is 1. The Kier molecular flexibility index (Phi) is 5.85. The van der Waals surface area contributed by atoms with Crippen LogP contribution in [0.5, 0.6) is 0 Å². The number of amides is 1. The van der Waals surface area contributed by atoms with Crippen LogP contribution in [0.4, 0.5) is 0 Å². The molecule has 0 fully saturated rings. The molecule has 90 valence electrons. The smallest absolute Gasteiger partial charge is 0.220 e. The van der Waals surface area contributed by atoms with Crippen LogP contribution in [0.15, 0.2) is 6.33 Å². The number of hydrogen-bond donors (Lipinski definition) is 1. The standard InChI is InChI=1S/C10H17ClN4O/c1-2-15-8-13-14-9(15)7-12-10(16)5-3-4-6-11/h8H,2-7H2,1H3,(H,12,16). The fraction of sp³-hybridized carbons (Fsp3) is 0.700. The second-order valence-electron chi connectivity index (χ2n) is 3.46. The van der Waals surface area contributed by atoms with E-state index in [9.17, 15) is 4.79 Å². The van der Waals surface area contributed by atoms with Crippen molar-refractivity contribution in [2.45, 2.75) is 39.3 Å². The van der Waals surface area contributed by atoms with Gasteiger partial charge in [0, 0.05) is 18.8 Å². The molecule has 0 spiro atoms. The quantitative estimate of drug-likeness (QED) is 0.581. The molecule has 6 heteroatoms. The molecule has 1 amide bonds. The zero-order chi connectivity index (χ0) is 11.8. The summed E-state index contributed by atoms with van der Waals surface area (Å²) < 4.78 is 1.90. The first kappa shape index (κ1) is 13.0. The summed E-state index contributed by atoms with van der Waals surface area (Å²) in [5.74, 6) is 1.43. The minimum absolute atomic E-state index is 0.0377. The number of hydrogen-bond acceptors (Lipinski definition) is 3. The van der Waals surface area contributed by atoms with E-state index >= 15 is 0 Å². The Morgan fingerprint density at radius 1 is 1.56 bits per heavy atom. The molecule has 16 heavy (non-hydrogen) atoms. The Hall–Kier alpha value is -1.10. The van der Waals surface area contributed by atoms with Gasteiger partial charge in [0.2, 0.25) is 5.91 Å². The van der Waals surface area contributed by atoms with E-state index in [1.54, 1.807) is 6.33 Å². The highest BCUT2D eigenvalue weighted by atomic mass is 35.5. The van der Waals surface area contributed by atoms with Gasteiger partial charge in [-0.25, -0.2) is 0 Å². The molecule has 5 nitrogen and oxygen atoms in total. The number of unbranched alkanes of at least 4 members (excludes halogenated alkanes) is 1. The maximum Gasteiger partial charge on any atom is 0.220 e. The van der Waals surface area contributed by atoms with E-state index in [0.717, 1.165) is 25.2 Å². The van der Waals surface area contributed by atoms with E-state index in [2.05, 4.69) is 15.5 Å². The fourth-order valence-electron chi connectivity index (χ4n) is 1.33. The summed E-state index contributed by atoms with van der Waals surface area (Å²) in [6.45, 7) is 3.26. The predicted molar refractivity (Wildman–Crippen MR) is 62.1 cm³/mol. The van der Waals surface area contributed by atoms with Crippen LogP contribution in [0.2, 0.25) is 0 Å². The molecule has 0 aliphatic heterocycles. The van der Waals surface area contributed by atoms with Gasteiger partial charge in [-0.2, -0.15) is 0 Å². The third-order valence-electron chi connectivity index (χ3n) is 2.27. The maximum atomic E-state index is 11.4. The van der Waals surface area contributed by atoms with Crippen molar-refractivity contribution in [2.24, 2.45) is 0 Å². The lowest BCUT2D eigenvalue weighted by molar-refractivity contribution is -0.121. The molecule has 0 radical (unpaired) electrons. The van der Waals surface area contributed by atoms with Crippen molar-refractivity contribution in [3.8, 4) is 0 Å². The average molecular weight is 245 g/mol. The molecule has 1 heterocycles. The molecule has 0 atom stereocenters. The Morgan fingerprint density at radius 3 is 3.06 bits per heavy atom. The summed E-state index contributed by atoms with van der Waals surface area (Å²) in [5, 5.41) is 10.5. The summed E-state index contributed by atoms with van der Waals surface area (Å²) in [5.41, 5.74) is 0. The largest absolute Gasteiger partial charge is 0.349 e. The van der Waals surface area contributed by atoms with Gasteiger partial charge in [0.1, 0.15) is 6.33 Å². The van der Waals surface area contributed by atoms with Gasteiger partial charge >= 0.3 is 0 Å². The van der Waals surface area contributed by atoms with Crippen molar-refractivity contribution in [3.05, 3.63) is 12.2 Å². The molecule has 1 rings (SSSR count). The van der Waals surface area contributed by atoms with Gasteiger partial charge in [-0.15, -0.1) is 21.8 Å². The molecule has 1 aromatic heterocycles. The van der Waals surface area contributed by atoms with E-state index in [0.29, 0.717) is 18.8 Å². The number of nitrogens with one attached hydrogen (secondary N) is 1. The second kappa shape index (κ2) is 7.22. The van der Waals surface area contributed by atoms with E-state index in [1.807, 2.05) is 11.5 Å². The zero-order valence-electron chi connectivity index (χ0n) is 9.45. The maximum absolute atomic E-state index is 11.4. The molecular weight excluding hydrogens is 228 g/mol. The van der Waals surface area contributed by atoms with Crippen molar-refractivity contribution in [2.75, 3.05) is 5.88 Å². The van der Waals surface area contributed by atoms with E-state index in [4.69, 9.17) is 11.6 Å². The fourth-order valence-corrected chi connectivity index (χ4v) is 1.52. The highest BCUT2D eigenvalue weighted by Crippen LogP contribution is 1.98. The first-order valence-corrected chi connectivity index (χ1v) is 6.00. The van der Waals surface area contributed by atoms with Crippen LogP contribution >= 0.6 is 11.6 Å². The highest BCUT2D eigenvalue weighted by Gasteiger charge is 2.05. The molecule has 0 aliphatic carbocycles. The van der Waals surface area contributed by atoms with Crippen molar-refractivity contribution in [3.63, 3.8) is 0 Å². The Labute approximate surface area is 100 Å². The first-order valence-electron chi connectivity index (χ1n) is 5.47. The average Bonchev–Trinajstić information content (AvgIpc) is 2.74. The topological polar surface area (TPSA) is 59.8 Å². The molecule has 0 aliphatic rings. The first-order chi connectivity index (χ1) is 7.77. The van der Waals surface area contributed by atoms with Gasteiger partial charge in [-0.3, -0.25) is 4.79 Å². The van der Waals surface area contributed by atoms with Gasteiger partial charge in [0.15, 0.2) is 5.82 Å². The molecule has 1 N–H and O–H groups in total. The number of alkyl halides is 1. The van der Waals surface area contributed by atoms with E-state index in [1.165, 1.54) is 0 Å². The Balaban J connectivity index is 2.26. The van der Waals surface area contributed by atoms with Crippen LogP contribution in [0, 0.1) is 0 Å². The van der Waals surface area contributed by atoms with Gasteiger partial charge in [0.25, 0.3) is 0 Å². The number of rotatable bonds is 7. The third-order valence-corrected chi connectivity index (χ3v) is 2.53. The van der Waals surface area contributed by atoms with Crippen LogP contribution in [0.3, 0.4) is 0 Å². The van der Waals surface area contributed by atoms with Gasteiger partial charge < -0.3 is 9.88 Å². The number of carbonyl (C=O) groups is 1. The van der Waals surface area contributed by atoms with Crippen molar-refractivity contribution >= 4 is 17.5 Å². The highest BCUT2D eigenvalue weighted by molar-refractivity contribution is 6.17. The minimum Gasteiger partial charge on any atom is -0.349 e. The lowest BCUT2D eigenvalue weighted by atomic mass is 10.2. The zero-order valence-corrected chi connectivity index (χ0v) is 10.2. The second-order valence-corrected chi connectivity index (χ2v) is 3.83. The molecule has 0 unspecified atom stereocenters. The lowest BCUT2D eigenvalue weighted by Gasteiger charge is -2.05. The lowest BCUT2D eigenvalue weighted by Crippen LogP contribution is -2.24. The molecule has 1 aromatic rings. The predicted octanol–water partition coefficient (Wildman–Crippen LogP) is 1.32. The molecular formula is C10H17ClN4O. The summed E-state index contributed by atoms with van der Waals surface area (Å²) in [7, 11) is 0. The number of halogens is 1. The summed E-state index contributed by atoms with van der Waals surface area (Å²) in [6.07, 6.45) is 3.89. The molecule has 0 saturated heterocycles. The van der Waals surface area contributed by atoms with Gasteiger partial charge in [-0.05, 0) is 19.8 Å². The van der Waals surface area contributed by atoms with Gasteiger partial charge in [-0.1, -0.05) is 0 Å². The third kappa shape index (κ3) is 4.18. The van der Waals surface area contributed by atoms with Crippen molar-refractivity contribution in [1.29, 1.82) is 0 Å². The number of aryl methyl sites for hydroxylation is 1. The summed E-state index contributed by atoms with van der Waals surface area (Å²) in [6, 6.07) is 0. The normalized spacial score (nSPS) is 10.4. The van der Waals surface area contributed by atoms with E-state index < -0.39 is 0 Å². The van der Waals surface area contributed by atoms with Gasteiger partial charge in [0.05, 0.1) is 6.54 Å². The van der Waals surface area contributed by atoms with Crippen LogP contribution in [0.25, 0.3) is 0 Å². The summed E-state index contributed by atoms with van der Waals surface area (Å²) >= 11 is 5.53. The Bertz CT molecular complexity index is 326. The van der Waals surface area contributed by atoms with Crippen molar-refractivity contribution in [1.82, 2.24) is 20.1 Å². The van der Waals surface area contributed by atoms with Crippen LogP contribution in [-0.4, -0.2) is 26.6 Å². The SMILES string of the molecule is CCn1cnnc1CNC(=O)CCCCCl. The number of nitrogens with zero attached hydrogens (tertiary/aromatic N) is 3. The number of aromatic nitrogens is 3. The minimum atomic E-state index is 0.0377. The van der Waals surface area contributed by atoms with Crippen molar-refractivity contribution < 1.29 is 4.79 Å². The Morgan fingerprint density at radius 2 is 2.38 bits per heavy atom. The molecule has 0 saturated carbocycles. The summed E-state index contributed by atoms with van der Waals surface area (Å²) in [4.78, 5) is 11.4. The van der Waals surface area contributed by atoms with Crippen LogP contribution in [0.1, 0.15) is 32.0 Å². The molecule has 0 aromatic carbocycles.